The summed E-state index contributed by atoms with van der Waals surface area (Å²) in [6.45, 7) is 5.59. The highest BCUT2D eigenvalue weighted by molar-refractivity contribution is 6.30. The molecule has 0 radical (unpaired) electrons. The predicted molar refractivity (Wildman–Crippen MR) is 108 cm³/mol. The van der Waals surface area contributed by atoms with E-state index in [1.54, 1.807) is 24.3 Å². The van der Waals surface area contributed by atoms with Gasteiger partial charge >= 0.3 is 0 Å². The standard InChI is InChI=1S/C21H30ClN3O2/c1-2-10-23-20(26)19(16-6-3-4-7-16)24-11-13-25(14-12-24)21(27)17-8-5-9-18(22)15-17/h5,8-9,15-16,19H,2-4,6-7,10-14H2,1H3,(H,23,26). The fraction of sp³-hybridized carbons (Fsp3) is 0.619. The van der Waals surface area contributed by atoms with Crippen molar-refractivity contribution in [3.05, 3.63) is 34.9 Å². The highest BCUT2D eigenvalue weighted by Gasteiger charge is 2.37. The Labute approximate surface area is 167 Å². The molecule has 3 rings (SSSR count). The maximum atomic E-state index is 12.8. The quantitative estimate of drug-likeness (QED) is 0.810. The lowest BCUT2D eigenvalue weighted by atomic mass is 9.95. The van der Waals surface area contributed by atoms with Crippen LogP contribution < -0.4 is 5.32 Å². The van der Waals surface area contributed by atoms with Gasteiger partial charge < -0.3 is 10.2 Å². The molecule has 1 heterocycles. The van der Waals surface area contributed by atoms with Gasteiger partial charge in [0, 0.05) is 43.3 Å². The van der Waals surface area contributed by atoms with Gasteiger partial charge in [0.2, 0.25) is 5.91 Å². The third-order valence-corrected chi connectivity index (χ3v) is 5.97. The number of carbonyl (C=O) groups excluding carboxylic acids is 2. The maximum Gasteiger partial charge on any atom is 0.253 e. The SMILES string of the molecule is CCCNC(=O)C(C1CCCC1)N1CCN(C(=O)c2cccc(Cl)c2)CC1. The fourth-order valence-corrected chi connectivity index (χ4v) is 4.50. The van der Waals surface area contributed by atoms with Crippen molar-refractivity contribution >= 4 is 23.4 Å². The third kappa shape index (κ3) is 5.02. The Balaban J connectivity index is 1.62. The molecule has 0 bridgehead atoms. The number of benzene rings is 1. The van der Waals surface area contributed by atoms with E-state index in [1.165, 1.54) is 12.8 Å². The van der Waals surface area contributed by atoms with Crippen LogP contribution in [0.5, 0.6) is 0 Å². The summed E-state index contributed by atoms with van der Waals surface area (Å²) >= 11 is 6.02. The number of nitrogens with one attached hydrogen (secondary N) is 1. The van der Waals surface area contributed by atoms with E-state index in [9.17, 15) is 9.59 Å². The first-order chi connectivity index (χ1) is 13.1. The van der Waals surface area contributed by atoms with E-state index in [-0.39, 0.29) is 17.9 Å². The zero-order valence-electron chi connectivity index (χ0n) is 16.1. The van der Waals surface area contributed by atoms with Crippen molar-refractivity contribution in [1.29, 1.82) is 0 Å². The average molecular weight is 392 g/mol. The Morgan fingerprint density at radius 2 is 1.89 bits per heavy atom. The molecule has 27 heavy (non-hydrogen) atoms. The summed E-state index contributed by atoms with van der Waals surface area (Å²) in [5, 5.41) is 3.67. The van der Waals surface area contributed by atoms with E-state index in [2.05, 4.69) is 17.1 Å². The van der Waals surface area contributed by atoms with Crippen molar-refractivity contribution < 1.29 is 9.59 Å². The number of piperazine rings is 1. The van der Waals surface area contributed by atoms with E-state index >= 15 is 0 Å². The van der Waals surface area contributed by atoms with Gasteiger partial charge in [0.05, 0.1) is 6.04 Å². The molecular weight excluding hydrogens is 362 g/mol. The van der Waals surface area contributed by atoms with Crippen LogP contribution in [0.25, 0.3) is 0 Å². The van der Waals surface area contributed by atoms with Gasteiger partial charge in [0.15, 0.2) is 0 Å². The summed E-state index contributed by atoms with van der Waals surface area (Å²) < 4.78 is 0. The van der Waals surface area contributed by atoms with E-state index in [4.69, 9.17) is 11.6 Å². The van der Waals surface area contributed by atoms with Crippen LogP contribution in [0.4, 0.5) is 0 Å². The minimum atomic E-state index is -0.0533. The Morgan fingerprint density at radius 1 is 1.19 bits per heavy atom. The van der Waals surface area contributed by atoms with Crippen LogP contribution in [0.2, 0.25) is 5.02 Å². The molecule has 148 valence electrons. The molecule has 1 saturated heterocycles. The number of amides is 2. The lowest BCUT2D eigenvalue weighted by Crippen LogP contribution is -2.58. The summed E-state index contributed by atoms with van der Waals surface area (Å²) in [5.74, 6) is 0.625. The maximum absolute atomic E-state index is 12.8. The molecule has 1 atom stereocenters. The normalized spacial score (nSPS) is 19.9. The van der Waals surface area contributed by atoms with Crippen LogP contribution >= 0.6 is 11.6 Å². The molecule has 1 unspecified atom stereocenters. The molecule has 1 N–H and O–H groups in total. The molecule has 2 fully saturated rings. The first-order valence-corrected chi connectivity index (χ1v) is 10.5. The topological polar surface area (TPSA) is 52.7 Å². The second-order valence-corrected chi connectivity index (χ2v) is 8.06. The molecule has 0 aromatic heterocycles. The van der Waals surface area contributed by atoms with Crippen molar-refractivity contribution in [2.24, 2.45) is 5.92 Å². The average Bonchev–Trinajstić information content (AvgIpc) is 3.21. The van der Waals surface area contributed by atoms with Crippen molar-refractivity contribution in [3.63, 3.8) is 0 Å². The van der Waals surface area contributed by atoms with Gasteiger partial charge in [-0.05, 0) is 43.4 Å². The third-order valence-electron chi connectivity index (χ3n) is 5.73. The van der Waals surface area contributed by atoms with Crippen molar-refractivity contribution in [2.45, 2.75) is 45.1 Å². The lowest BCUT2D eigenvalue weighted by molar-refractivity contribution is -0.129. The second-order valence-electron chi connectivity index (χ2n) is 7.62. The number of rotatable bonds is 6. The van der Waals surface area contributed by atoms with Crippen LogP contribution in [-0.2, 0) is 4.79 Å². The smallest absolute Gasteiger partial charge is 0.253 e. The van der Waals surface area contributed by atoms with Gasteiger partial charge in [-0.1, -0.05) is 37.4 Å². The minimum Gasteiger partial charge on any atom is -0.355 e. The second kappa shape index (κ2) is 9.56. The molecule has 2 aliphatic rings. The summed E-state index contributed by atoms with van der Waals surface area (Å²) in [7, 11) is 0. The van der Waals surface area contributed by atoms with Gasteiger partial charge in [-0.2, -0.15) is 0 Å². The molecule has 5 nitrogen and oxygen atoms in total. The number of halogens is 1. The first kappa shape index (κ1) is 20.2. The van der Waals surface area contributed by atoms with Crippen LogP contribution in [0.3, 0.4) is 0 Å². The van der Waals surface area contributed by atoms with Crippen molar-refractivity contribution in [2.75, 3.05) is 32.7 Å². The largest absolute Gasteiger partial charge is 0.355 e. The number of hydrogen-bond donors (Lipinski definition) is 1. The molecule has 6 heteroatoms. The van der Waals surface area contributed by atoms with Gasteiger partial charge in [0.1, 0.15) is 0 Å². The van der Waals surface area contributed by atoms with E-state index in [1.807, 2.05) is 4.90 Å². The van der Waals surface area contributed by atoms with E-state index in [0.29, 0.717) is 29.6 Å². The number of nitrogens with zero attached hydrogens (tertiary/aromatic N) is 2. The highest BCUT2D eigenvalue weighted by Crippen LogP contribution is 2.31. The van der Waals surface area contributed by atoms with Crippen molar-refractivity contribution in [1.82, 2.24) is 15.1 Å². The zero-order valence-corrected chi connectivity index (χ0v) is 16.9. The molecule has 0 spiro atoms. The summed E-state index contributed by atoms with van der Waals surface area (Å²) in [6.07, 6.45) is 5.65. The minimum absolute atomic E-state index is 0.0185. The highest BCUT2D eigenvalue weighted by atomic mass is 35.5. The summed E-state index contributed by atoms with van der Waals surface area (Å²) in [4.78, 5) is 29.7. The number of hydrogen-bond acceptors (Lipinski definition) is 3. The summed E-state index contributed by atoms with van der Waals surface area (Å²) in [6, 6.07) is 7.05. The van der Waals surface area contributed by atoms with E-state index in [0.717, 1.165) is 38.9 Å². The molecule has 1 saturated carbocycles. The predicted octanol–water partition coefficient (Wildman–Crippen LogP) is 3.18. The Hall–Kier alpha value is -1.59. The first-order valence-electron chi connectivity index (χ1n) is 10.2. The molecule has 1 aliphatic carbocycles. The van der Waals surface area contributed by atoms with Crippen LogP contribution in [0.1, 0.15) is 49.4 Å². The van der Waals surface area contributed by atoms with Gasteiger partial charge in [-0.15, -0.1) is 0 Å². The van der Waals surface area contributed by atoms with Gasteiger partial charge in [-0.3, -0.25) is 14.5 Å². The van der Waals surface area contributed by atoms with Crippen LogP contribution in [0, 0.1) is 5.92 Å². The van der Waals surface area contributed by atoms with E-state index < -0.39 is 0 Å². The molecule has 2 amide bonds. The Bertz CT molecular complexity index is 653. The Kier molecular flexibility index (Phi) is 7.13. The zero-order chi connectivity index (χ0) is 19.2. The molecular formula is C21H30ClN3O2. The molecule has 1 aromatic rings. The monoisotopic (exact) mass is 391 g/mol. The molecule has 1 aliphatic heterocycles. The van der Waals surface area contributed by atoms with Crippen molar-refractivity contribution in [3.8, 4) is 0 Å². The van der Waals surface area contributed by atoms with Gasteiger partial charge in [0.25, 0.3) is 5.91 Å². The lowest BCUT2D eigenvalue weighted by Gasteiger charge is -2.40. The summed E-state index contributed by atoms with van der Waals surface area (Å²) in [5.41, 5.74) is 0.629. The van der Waals surface area contributed by atoms with Crippen LogP contribution in [-0.4, -0.2) is 60.4 Å². The van der Waals surface area contributed by atoms with Crippen LogP contribution in [0.15, 0.2) is 24.3 Å². The Morgan fingerprint density at radius 3 is 2.52 bits per heavy atom. The number of carbonyl (C=O) groups is 2. The van der Waals surface area contributed by atoms with Gasteiger partial charge in [-0.25, -0.2) is 0 Å². The fourth-order valence-electron chi connectivity index (χ4n) is 4.31. The molecule has 1 aromatic carbocycles.